The lowest BCUT2D eigenvalue weighted by molar-refractivity contribution is 0.494. The van der Waals surface area contributed by atoms with Gasteiger partial charge < -0.3 is 15.2 Å². The molecular formula is C17H23N7S. The van der Waals surface area contributed by atoms with Gasteiger partial charge >= 0.3 is 0 Å². The zero-order valence-electron chi connectivity index (χ0n) is 14.6. The van der Waals surface area contributed by atoms with Gasteiger partial charge in [-0.1, -0.05) is 17.8 Å². The number of aromatic amines is 1. The minimum atomic E-state index is 0.858. The Morgan fingerprint density at radius 2 is 2.00 bits per heavy atom. The molecule has 2 aliphatic rings. The molecule has 1 saturated carbocycles. The lowest BCUT2D eigenvalue weighted by atomic mass is 10.0. The lowest BCUT2D eigenvalue weighted by Crippen LogP contribution is -2.20. The van der Waals surface area contributed by atoms with E-state index in [1.165, 1.54) is 38.7 Å². The number of hydrogen-bond donors (Lipinski definition) is 2. The summed E-state index contributed by atoms with van der Waals surface area (Å²) in [7, 11) is 1.84. The first-order valence-corrected chi connectivity index (χ1v) is 9.57. The van der Waals surface area contributed by atoms with Crippen molar-refractivity contribution in [2.75, 3.05) is 30.4 Å². The van der Waals surface area contributed by atoms with Crippen molar-refractivity contribution in [3.63, 3.8) is 0 Å². The number of hydrogen-bond acceptors (Lipinski definition) is 7. The summed E-state index contributed by atoms with van der Waals surface area (Å²) in [6, 6.07) is 1.95. The highest BCUT2D eigenvalue weighted by atomic mass is 32.1. The highest BCUT2D eigenvalue weighted by Crippen LogP contribution is 2.39. The normalized spacial score (nSPS) is 21.9. The second kappa shape index (κ2) is 6.95. The van der Waals surface area contributed by atoms with E-state index in [1.807, 2.05) is 26.2 Å². The largest absolute Gasteiger partial charge is 0.372 e. The maximum absolute atomic E-state index is 4.22. The lowest BCUT2D eigenvalue weighted by Gasteiger charge is -2.14. The van der Waals surface area contributed by atoms with E-state index in [-0.39, 0.29) is 0 Å². The Bertz CT molecular complexity index is 830. The van der Waals surface area contributed by atoms with Crippen molar-refractivity contribution in [1.29, 1.82) is 0 Å². The van der Waals surface area contributed by atoms with Crippen LogP contribution in [0.15, 0.2) is 18.6 Å². The van der Waals surface area contributed by atoms with Crippen LogP contribution >= 0.6 is 11.3 Å². The number of nitrogens with zero attached hydrogens (tertiary/aromatic N) is 5. The predicted molar refractivity (Wildman–Crippen MR) is 101 cm³/mol. The predicted octanol–water partition coefficient (Wildman–Crippen LogP) is 3.08. The number of H-pyrrole nitrogens is 1. The van der Waals surface area contributed by atoms with Crippen molar-refractivity contribution >= 4 is 33.3 Å². The molecule has 2 atom stereocenters. The first-order chi connectivity index (χ1) is 12.2. The van der Waals surface area contributed by atoms with Crippen LogP contribution in [0.3, 0.4) is 0 Å². The number of aryl methyl sites for hydroxylation is 1. The van der Waals surface area contributed by atoms with Gasteiger partial charge in [-0.25, -0.2) is 9.97 Å². The van der Waals surface area contributed by atoms with Crippen molar-refractivity contribution in [2.24, 2.45) is 11.8 Å². The van der Waals surface area contributed by atoms with Gasteiger partial charge in [-0.3, -0.25) is 0 Å². The molecule has 3 aromatic heterocycles. The third-order valence-electron chi connectivity index (χ3n) is 5.10. The summed E-state index contributed by atoms with van der Waals surface area (Å²) in [5.74, 6) is 2.75. The van der Waals surface area contributed by atoms with E-state index >= 15 is 0 Å². The fourth-order valence-electron chi connectivity index (χ4n) is 3.88. The summed E-state index contributed by atoms with van der Waals surface area (Å²) >= 11 is 1.73. The molecule has 0 radical (unpaired) electrons. The molecule has 0 bridgehead atoms. The van der Waals surface area contributed by atoms with Gasteiger partial charge in [-0.15, -0.1) is 10.2 Å². The third kappa shape index (κ3) is 3.30. The molecule has 1 aliphatic heterocycles. The van der Waals surface area contributed by atoms with Gasteiger partial charge in [-0.05, 0) is 37.7 Å². The summed E-state index contributed by atoms with van der Waals surface area (Å²) < 4.78 is 0. The molecule has 2 fully saturated rings. The first kappa shape index (κ1) is 16.3. The van der Waals surface area contributed by atoms with Crippen LogP contribution in [0, 0.1) is 18.8 Å². The molecule has 25 heavy (non-hydrogen) atoms. The fourth-order valence-corrected chi connectivity index (χ4v) is 4.58. The molecule has 0 aromatic carbocycles. The maximum Gasteiger partial charge on any atom is 0.208 e. The molecule has 1 saturated heterocycles. The van der Waals surface area contributed by atoms with Gasteiger partial charge in [0.1, 0.15) is 22.8 Å². The van der Waals surface area contributed by atoms with E-state index in [0.717, 1.165) is 38.8 Å². The molecule has 0 amide bonds. The van der Waals surface area contributed by atoms with Gasteiger partial charge in [0.15, 0.2) is 0 Å². The van der Waals surface area contributed by atoms with Gasteiger partial charge in [0, 0.05) is 26.3 Å². The molecule has 132 valence electrons. The molecule has 5 rings (SSSR count). The average molecular weight is 357 g/mol. The van der Waals surface area contributed by atoms with E-state index in [2.05, 4.69) is 35.4 Å². The molecule has 3 aromatic rings. The molecular weight excluding hydrogens is 334 g/mol. The van der Waals surface area contributed by atoms with Crippen LogP contribution in [0.4, 0.5) is 10.9 Å². The van der Waals surface area contributed by atoms with Crippen LogP contribution in [-0.2, 0) is 0 Å². The van der Waals surface area contributed by atoms with Crippen molar-refractivity contribution in [3.8, 4) is 0 Å². The number of nitrogens with one attached hydrogen (secondary N) is 2. The number of anilines is 2. The van der Waals surface area contributed by atoms with Crippen LogP contribution < -0.4 is 10.2 Å². The summed E-state index contributed by atoms with van der Waals surface area (Å²) in [4.78, 5) is 13.5. The molecule has 2 N–H and O–H groups in total. The molecule has 2 unspecified atom stereocenters. The zero-order chi connectivity index (χ0) is 17.2. The molecule has 8 heteroatoms. The van der Waals surface area contributed by atoms with E-state index in [0.29, 0.717) is 0 Å². The Kier molecular flexibility index (Phi) is 4.52. The monoisotopic (exact) mass is 357 g/mol. The Hall–Kier alpha value is -2.22. The summed E-state index contributed by atoms with van der Waals surface area (Å²) in [6.07, 6.45) is 7.68. The van der Waals surface area contributed by atoms with Crippen molar-refractivity contribution < 1.29 is 0 Å². The number of rotatable bonds is 2. The van der Waals surface area contributed by atoms with E-state index in [9.17, 15) is 0 Å². The Labute approximate surface area is 150 Å². The van der Waals surface area contributed by atoms with Crippen molar-refractivity contribution in [1.82, 2.24) is 25.1 Å². The standard InChI is InChI=1S/C10H15N3S.C7H8N4/c1-7-11-12-10(14-7)13-5-8-3-2-4-9(8)6-13;1-8-6-5-2-3-9-7(5)11-4-10-6/h8-9H,2-6H2,1H3;2-4H,1H3,(H2,8,9,10,11). The van der Waals surface area contributed by atoms with E-state index in [4.69, 9.17) is 0 Å². The van der Waals surface area contributed by atoms with Crippen LogP contribution in [0.5, 0.6) is 0 Å². The molecule has 0 spiro atoms. The summed E-state index contributed by atoms with van der Waals surface area (Å²) in [5, 5.41) is 14.5. The second-order valence-corrected chi connectivity index (χ2v) is 7.83. The van der Waals surface area contributed by atoms with Crippen LogP contribution in [0.2, 0.25) is 0 Å². The fraction of sp³-hybridized carbons (Fsp3) is 0.529. The molecule has 7 nitrogen and oxygen atoms in total. The minimum Gasteiger partial charge on any atom is -0.372 e. The van der Waals surface area contributed by atoms with Gasteiger partial charge in [0.2, 0.25) is 5.13 Å². The third-order valence-corrected chi connectivity index (χ3v) is 6.00. The Morgan fingerprint density at radius 1 is 1.20 bits per heavy atom. The highest BCUT2D eigenvalue weighted by Gasteiger charge is 2.37. The van der Waals surface area contributed by atoms with Gasteiger partial charge in [0.05, 0.1) is 5.39 Å². The smallest absolute Gasteiger partial charge is 0.208 e. The highest BCUT2D eigenvalue weighted by molar-refractivity contribution is 7.15. The van der Waals surface area contributed by atoms with Gasteiger partial charge in [0.25, 0.3) is 0 Å². The minimum absolute atomic E-state index is 0.858. The summed E-state index contributed by atoms with van der Waals surface area (Å²) in [6.45, 7) is 4.47. The van der Waals surface area contributed by atoms with Crippen molar-refractivity contribution in [3.05, 3.63) is 23.6 Å². The number of fused-ring (bicyclic) bond motifs is 2. The quantitative estimate of drug-likeness (QED) is 0.733. The number of aromatic nitrogens is 5. The van der Waals surface area contributed by atoms with Crippen molar-refractivity contribution in [2.45, 2.75) is 26.2 Å². The van der Waals surface area contributed by atoms with Crippen LogP contribution in [0.1, 0.15) is 24.3 Å². The first-order valence-electron chi connectivity index (χ1n) is 8.75. The Morgan fingerprint density at radius 3 is 2.68 bits per heavy atom. The van der Waals surface area contributed by atoms with E-state index in [1.54, 1.807) is 11.3 Å². The van der Waals surface area contributed by atoms with Crippen LogP contribution in [-0.4, -0.2) is 45.3 Å². The molecule has 1 aliphatic carbocycles. The average Bonchev–Trinajstić information content (AvgIpc) is 3.37. The zero-order valence-corrected chi connectivity index (χ0v) is 15.4. The second-order valence-electron chi connectivity index (χ2n) is 6.67. The summed E-state index contributed by atoms with van der Waals surface area (Å²) in [5.41, 5.74) is 0.865. The maximum atomic E-state index is 4.22. The van der Waals surface area contributed by atoms with E-state index < -0.39 is 0 Å². The topological polar surface area (TPSA) is 82.6 Å². The molecule has 4 heterocycles. The van der Waals surface area contributed by atoms with Crippen LogP contribution in [0.25, 0.3) is 11.0 Å². The Balaban J connectivity index is 0.000000129. The van der Waals surface area contributed by atoms with Gasteiger partial charge in [-0.2, -0.15) is 0 Å². The SMILES string of the molecule is CNc1ncnc2[nH]ccc12.Cc1nnc(N2CC3CCCC3C2)s1.